The molecule has 0 N–H and O–H groups in total. The molecule has 2 aliphatic heterocycles. The van der Waals surface area contributed by atoms with Crippen LogP contribution in [0.3, 0.4) is 0 Å². The van der Waals surface area contributed by atoms with Gasteiger partial charge in [-0.2, -0.15) is 5.10 Å². The standard InChI is InChI=1S/C26H25ClN6O3S/c1-36-22-8-3-2-7-21(22)30-9-11-31(12-10-30)23(34)14-19-16-37-26-29-24-20(25(35)32(19)26)15-28-33(24)18-6-4-5-17(27)13-18/h2-8,13,15,19H,9-12,14,16H2,1H3. The fourth-order valence-corrected chi connectivity index (χ4v) is 6.31. The average Bonchev–Trinajstić information content (AvgIpc) is 3.53. The van der Waals surface area contributed by atoms with Crippen LogP contribution in [0.15, 0.2) is 64.7 Å². The summed E-state index contributed by atoms with van der Waals surface area (Å²) in [6.45, 7) is 2.71. The Morgan fingerprint density at radius 3 is 2.73 bits per heavy atom. The number of methoxy groups -OCH3 is 1. The number of halogens is 1. The largest absolute Gasteiger partial charge is 0.495 e. The minimum atomic E-state index is -0.237. The fraction of sp³-hybridized carbons (Fsp3) is 0.308. The van der Waals surface area contributed by atoms with Gasteiger partial charge in [0, 0.05) is 43.4 Å². The Bertz CT molecular complexity index is 1550. The molecule has 190 valence electrons. The molecule has 37 heavy (non-hydrogen) atoms. The molecule has 6 rings (SSSR count). The molecule has 0 saturated carbocycles. The maximum absolute atomic E-state index is 13.4. The number of thioether (sulfide) groups is 1. The third kappa shape index (κ3) is 4.34. The summed E-state index contributed by atoms with van der Waals surface area (Å²) in [7, 11) is 1.67. The number of ether oxygens (including phenoxy) is 1. The number of para-hydroxylation sites is 2. The lowest BCUT2D eigenvalue weighted by atomic mass is 10.1. The predicted octanol–water partition coefficient (Wildman–Crippen LogP) is 3.63. The van der Waals surface area contributed by atoms with E-state index < -0.39 is 0 Å². The summed E-state index contributed by atoms with van der Waals surface area (Å²) >= 11 is 7.64. The third-order valence-electron chi connectivity index (χ3n) is 6.89. The Morgan fingerprint density at radius 1 is 1.14 bits per heavy atom. The molecular weight excluding hydrogens is 512 g/mol. The van der Waals surface area contributed by atoms with Gasteiger partial charge < -0.3 is 14.5 Å². The second kappa shape index (κ2) is 9.75. The number of hydrogen-bond acceptors (Lipinski definition) is 7. The lowest BCUT2D eigenvalue weighted by Gasteiger charge is -2.37. The number of rotatable bonds is 5. The molecule has 1 amide bonds. The fourth-order valence-electron chi connectivity index (χ4n) is 5.00. The minimum absolute atomic E-state index is 0.0553. The normalized spacial score (nSPS) is 17.3. The van der Waals surface area contributed by atoms with Crippen LogP contribution in [0.2, 0.25) is 5.02 Å². The maximum atomic E-state index is 13.4. The van der Waals surface area contributed by atoms with Gasteiger partial charge in [0.05, 0.1) is 30.7 Å². The first-order valence-electron chi connectivity index (χ1n) is 12.1. The second-order valence-electron chi connectivity index (χ2n) is 9.05. The van der Waals surface area contributed by atoms with Gasteiger partial charge in [0.25, 0.3) is 5.56 Å². The summed E-state index contributed by atoms with van der Waals surface area (Å²) in [6, 6.07) is 15.0. The third-order valence-corrected chi connectivity index (χ3v) is 8.22. The van der Waals surface area contributed by atoms with Gasteiger partial charge >= 0.3 is 0 Å². The molecule has 4 heterocycles. The van der Waals surface area contributed by atoms with Crippen molar-refractivity contribution in [1.29, 1.82) is 0 Å². The van der Waals surface area contributed by atoms with Gasteiger partial charge in [-0.15, -0.1) is 0 Å². The van der Waals surface area contributed by atoms with Gasteiger partial charge in [-0.3, -0.25) is 14.2 Å². The summed E-state index contributed by atoms with van der Waals surface area (Å²) in [4.78, 5) is 35.6. The van der Waals surface area contributed by atoms with Crippen LogP contribution in [0.4, 0.5) is 5.69 Å². The van der Waals surface area contributed by atoms with Gasteiger partial charge in [0.2, 0.25) is 5.91 Å². The molecule has 2 aromatic heterocycles. The van der Waals surface area contributed by atoms with Crippen molar-refractivity contribution in [3.05, 3.63) is 70.1 Å². The molecule has 4 aromatic rings. The molecule has 9 nitrogen and oxygen atoms in total. The highest BCUT2D eigenvalue weighted by molar-refractivity contribution is 7.99. The van der Waals surface area contributed by atoms with Gasteiger partial charge in [0.1, 0.15) is 11.1 Å². The first-order chi connectivity index (χ1) is 18.0. The molecule has 2 aliphatic rings. The number of carbonyl (C=O) groups excluding carboxylic acids is 1. The lowest BCUT2D eigenvalue weighted by molar-refractivity contribution is -0.132. The van der Waals surface area contributed by atoms with Crippen LogP contribution in [0.5, 0.6) is 5.75 Å². The van der Waals surface area contributed by atoms with E-state index in [4.69, 9.17) is 21.3 Å². The van der Waals surface area contributed by atoms with Crippen molar-refractivity contribution < 1.29 is 9.53 Å². The van der Waals surface area contributed by atoms with Crippen molar-refractivity contribution in [2.24, 2.45) is 0 Å². The van der Waals surface area contributed by atoms with Gasteiger partial charge in [-0.25, -0.2) is 9.67 Å². The van der Waals surface area contributed by atoms with E-state index in [1.165, 1.54) is 18.0 Å². The Hall–Kier alpha value is -3.50. The molecule has 0 spiro atoms. The van der Waals surface area contributed by atoms with E-state index in [-0.39, 0.29) is 23.9 Å². The zero-order valence-corrected chi connectivity index (χ0v) is 21.8. The van der Waals surface area contributed by atoms with Crippen molar-refractivity contribution in [3.63, 3.8) is 0 Å². The number of benzene rings is 2. The maximum Gasteiger partial charge on any atom is 0.265 e. The average molecular weight is 537 g/mol. The van der Waals surface area contributed by atoms with Crippen LogP contribution in [0.1, 0.15) is 12.5 Å². The number of carbonyl (C=O) groups is 1. The van der Waals surface area contributed by atoms with Crippen molar-refractivity contribution in [2.75, 3.05) is 43.9 Å². The van der Waals surface area contributed by atoms with E-state index in [0.717, 1.165) is 30.2 Å². The highest BCUT2D eigenvalue weighted by atomic mass is 35.5. The number of aromatic nitrogens is 4. The van der Waals surface area contributed by atoms with Crippen molar-refractivity contribution in [1.82, 2.24) is 24.2 Å². The van der Waals surface area contributed by atoms with Gasteiger partial charge in [0.15, 0.2) is 10.8 Å². The van der Waals surface area contributed by atoms with E-state index >= 15 is 0 Å². The minimum Gasteiger partial charge on any atom is -0.495 e. The Kier molecular flexibility index (Phi) is 6.29. The summed E-state index contributed by atoms with van der Waals surface area (Å²) in [5, 5.41) is 6.01. The quantitative estimate of drug-likeness (QED) is 0.360. The monoisotopic (exact) mass is 536 g/mol. The van der Waals surface area contributed by atoms with E-state index in [0.29, 0.717) is 40.1 Å². The van der Waals surface area contributed by atoms with E-state index in [1.54, 1.807) is 28.5 Å². The molecule has 1 atom stereocenters. The number of nitrogens with zero attached hydrogens (tertiary/aromatic N) is 6. The van der Waals surface area contributed by atoms with Crippen LogP contribution in [0.25, 0.3) is 16.7 Å². The van der Waals surface area contributed by atoms with E-state index in [1.807, 2.05) is 41.3 Å². The molecule has 0 radical (unpaired) electrons. The van der Waals surface area contributed by atoms with Gasteiger partial charge in [-0.1, -0.05) is 41.6 Å². The van der Waals surface area contributed by atoms with Crippen LogP contribution >= 0.6 is 23.4 Å². The van der Waals surface area contributed by atoms with Crippen molar-refractivity contribution >= 4 is 46.0 Å². The number of amides is 1. The summed E-state index contributed by atoms with van der Waals surface area (Å²) in [5.74, 6) is 1.52. The van der Waals surface area contributed by atoms with E-state index in [9.17, 15) is 9.59 Å². The first-order valence-corrected chi connectivity index (χ1v) is 13.4. The SMILES string of the molecule is COc1ccccc1N1CCN(C(=O)CC2CSc3nc4c(cnn4-c4cccc(Cl)c4)c(=O)n32)CC1. The topological polar surface area (TPSA) is 85.5 Å². The summed E-state index contributed by atoms with van der Waals surface area (Å²) < 4.78 is 8.79. The molecule has 1 saturated heterocycles. The zero-order chi connectivity index (χ0) is 25.5. The molecular formula is C26H25ClN6O3S. The lowest BCUT2D eigenvalue weighted by Crippen LogP contribution is -2.49. The zero-order valence-electron chi connectivity index (χ0n) is 20.2. The summed E-state index contributed by atoms with van der Waals surface area (Å²) in [6.07, 6.45) is 1.81. The van der Waals surface area contributed by atoms with Crippen molar-refractivity contribution in [2.45, 2.75) is 17.6 Å². The number of fused-ring (bicyclic) bond motifs is 2. The smallest absolute Gasteiger partial charge is 0.265 e. The molecule has 0 bridgehead atoms. The molecule has 11 heteroatoms. The van der Waals surface area contributed by atoms with Crippen LogP contribution in [-0.4, -0.2) is 69.2 Å². The first kappa shape index (κ1) is 23.9. The Balaban J connectivity index is 1.18. The van der Waals surface area contributed by atoms with Crippen LogP contribution in [-0.2, 0) is 4.79 Å². The number of hydrogen-bond donors (Lipinski definition) is 0. The second-order valence-corrected chi connectivity index (χ2v) is 10.5. The van der Waals surface area contributed by atoms with Crippen LogP contribution in [0, 0.1) is 0 Å². The molecule has 2 aromatic carbocycles. The molecule has 0 aliphatic carbocycles. The van der Waals surface area contributed by atoms with E-state index in [2.05, 4.69) is 10.00 Å². The predicted molar refractivity (Wildman–Crippen MR) is 144 cm³/mol. The number of anilines is 1. The van der Waals surface area contributed by atoms with Gasteiger partial charge in [-0.05, 0) is 30.3 Å². The summed E-state index contributed by atoms with van der Waals surface area (Å²) in [5.41, 5.74) is 2.10. The Morgan fingerprint density at radius 2 is 1.95 bits per heavy atom. The highest BCUT2D eigenvalue weighted by Crippen LogP contribution is 2.34. The molecule has 1 fully saturated rings. The Labute approximate surface area is 222 Å². The van der Waals surface area contributed by atoms with Crippen molar-refractivity contribution in [3.8, 4) is 11.4 Å². The highest BCUT2D eigenvalue weighted by Gasteiger charge is 2.32. The molecule has 1 unspecified atom stereocenters. The number of piperazine rings is 1. The van der Waals surface area contributed by atoms with Crippen LogP contribution < -0.4 is 15.2 Å².